The van der Waals surface area contributed by atoms with Crippen molar-refractivity contribution < 1.29 is 13.2 Å². The summed E-state index contributed by atoms with van der Waals surface area (Å²) in [5.74, 6) is -0.139. The SMILES string of the molecule is O=C(Cc1cccc2ccccc12)Nc1ccc2c(c1)N(S(=O)(=O)c1ccccc1)CCC2. The fraction of sp³-hybridized carbons (Fsp3) is 0.148. The molecule has 0 radical (unpaired) electrons. The number of nitrogens with zero attached hydrogens (tertiary/aromatic N) is 1. The summed E-state index contributed by atoms with van der Waals surface area (Å²) in [4.78, 5) is 13.1. The summed E-state index contributed by atoms with van der Waals surface area (Å²) >= 11 is 0. The molecule has 166 valence electrons. The van der Waals surface area contributed by atoms with Gasteiger partial charge in [0.1, 0.15) is 0 Å². The molecule has 0 bridgehead atoms. The Balaban J connectivity index is 1.41. The first kappa shape index (κ1) is 21.2. The number of aryl methyl sites for hydroxylation is 1. The second kappa shape index (κ2) is 8.71. The third-order valence-electron chi connectivity index (χ3n) is 6.01. The maximum atomic E-state index is 13.3. The molecule has 0 saturated carbocycles. The van der Waals surface area contributed by atoms with E-state index in [4.69, 9.17) is 0 Å². The number of carbonyl (C=O) groups is 1. The van der Waals surface area contributed by atoms with E-state index in [0.717, 1.165) is 34.7 Å². The second-order valence-corrected chi connectivity index (χ2v) is 10.1. The highest BCUT2D eigenvalue weighted by Crippen LogP contribution is 2.34. The molecular weight excluding hydrogens is 432 g/mol. The quantitative estimate of drug-likeness (QED) is 0.451. The van der Waals surface area contributed by atoms with Crippen LogP contribution in [0.4, 0.5) is 11.4 Å². The zero-order valence-electron chi connectivity index (χ0n) is 18.1. The number of sulfonamides is 1. The van der Waals surface area contributed by atoms with Crippen molar-refractivity contribution in [3.8, 4) is 0 Å². The van der Waals surface area contributed by atoms with Gasteiger partial charge in [-0.15, -0.1) is 0 Å². The van der Waals surface area contributed by atoms with Gasteiger partial charge in [-0.05, 0) is 59.0 Å². The summed E-state index contributed by atoms with van der Waals surface area (Å²) in [6.07, 6.45) is 1.80. The third kappa shape index (κ3) is 4.22. The molecule has 0 atom stereocenters. The number of fused-ring (bicyclic) bond motifs is 2. The van der Waals surface area contributed by atoms with E-state index in [0.29, 0.717) is 17.9 Å². The zero-order chi connectivity index (χ0) is 22.8. The van der Waals surface area contributed by atoms with E-state index in [-0.39, 0.29) is 17.2 Å². The molecule has 0 saturated heterocycles. The molecule has 0 aliphatic carbocycles. The molecule has 33 heavy (non-hydrogen) atoms. The number of rotatable bonds is 5. The van der Waals surface area contributed by atoms with Gasteiger partial charge in [0.2, 0.25) is 5.91 Å². The van der Waals surface area contributed by atoms with Crippen molar-refractivity contribution in [3.05, 3.63) is 102 Å². The van der Waals surface area contributed by atoms with Gasteiger partial charge in [0.15, 0.2) is 0 Å². The number of nitrogens with one attached hydrogen (secondary N) is 1. The summed E-state index contributed by atoms with van der Waals surface area (Å²) in [6, 6.07) is 27.9. The molecule has 5 rings (SSSR count). The zero-order valence-corrected chi connectivity index (χ0v) is 18.9. The average molecular weight is 457 g/mol. The first-order valence-electron chi connectivity index (χ1n) is 11.0. The maximum absolute atomic E-state index is 13.3. The molecule has 0 spiro atoms. The molecule has 1 N–H and O–H groups in total. The number of carbonyl (C=O) groups excluding carboxylic acids is 1. The van der Waals surface area contributed by atoms with Gasteiger partial charge in [-0.2, -0.15) is 0 Å². The van der Waals surface area contributed by atoms with Crippen LogP contribution in [0.5, 0.6) is 0 Å². The van der Waals surface area contributed by atoms with Gasteiger partial charge in [-0.25, -0.2) is 8.42 Å². The van der Waals surface area contributed by atoms with Crippen LogP contribution in [0.3, 0.4) is 0 Å². The van der Waals surface area contributed by atoms with Gasteiger partial charge in [0.25, 0.3) is 10.0 Å². The first-order chi connectivity index (χ1) is 16.0. The predicted octanol–water partition coefficient (Wildman–Crippen LogP) is 5.16. The van der Waals surface area contributed by atoms with Crippen LogP contribution < -0.4 is 9.62 Å². The Morgan fingerprint density at radius 1 is 0.879 bits per heavy atom. The lowest BCUT2D eigenvalue weighted by Gasteiger charge is -2.31. The minimum absolute atomic E-state index is 0.139. The smallest absolute Gasteiger partial charge is 0.264 e. The minimum Gasteiger partial charge on any atom is -0.326 e. The van der Waals surface area contributed by atoms with E-state index < -0.39 is 10.0 Å². The molecule has 6 heteroatoms. The minimum atomic E-state index is -3.67. The summed E-state index contributed by atoms with van der Waals surface area (Å²) in [5, 5.41) is 5.11. The Morgan fingerprint density at radius 2 is 1.64 bits per heavy atom. The lowest BCUT2D eigenvalue weighted by molar-refractivity contribution is -0.115. The van der Waals surface area contributed by atoms with Crippen molar-refractivity contribution in [1.82, 2.24) is 0 Å². The van der Waals surface area contributed by atoms with Crippen LogP contribution >= 0.6 is 0 Å². The Bertz CT molecular complexity index is 1430. The lowest BCUT2D eigenvalue weighted by atomic mass is 10.0. The Labute approximate surface area is 193 Å². The monoisotopic (exact) mass is 456 g/mol. The number of anilines is 2. The number of hydrogen-bond donors (Lipinski definition) is 1. The molecule has 1 amide bonds. The van der Waals surface area contributed by atoms with Crippen molar-refractivity contribution in [2.75, 3.05) is 16.2 Å². The largest absolute Gasteiger partial charge is 0.326 e. The van der Waals surface area contributed by atoms with Crippen molar-refractivity contribution in [3.63, 3.8) is 0 Å². The van der Waals surface area contributed by atoms with Gasteiger partial charge < -0.3 is 5.32 Å². The fourth-order valence-corrected chi connectivity index (χ4v) is 5.97. The molecule has 4 aromatic rings. The van der Waals surface area contributed by atoms with Crippen molar-refractivity contribution >= 4 is 38.1 Å². The van der Waals surface area contributed by atoms with Crippen molar-refractivity contribution in [2.45, 2.75) is 24.2 Å². The molecule has 1 aliphatic heterocycles. The van der Waals surface area contributed by atoms with E-state index in [1.807, 2.05) is 54.6 Å². The molecule has 5 nitrogen and oxygen atoms in total. The van der Waals surface area contributed by atoms with Crippen LogP contribution in [0.1, 0.15) is 17.5 Å². The number of amides is 1. The van der Waals surface area contributed by atoms with Crippen molar-refractivity contribution in [1.29, 1.82) is 0 Å². The molecule has 1 heterocycles. The van der Waals surface area contributed by atoms with Gasteiger partial charge in [-0.3, -0.25) is 9.10 Å². The van der Waals surface area contributed by atoms with Crippen LogP contribution in [-0.2, 0) is 27.7 Å². The lowest BCUT2D eigenvalue weighted by Crippen LogP contribution is -2.35. The van der Waals surface area contributed by atoms with Crippen LogP contribution in [0.2, 0.25) is 0 Å². The second-order valence-electron chi connectivity index (χ2n) is 8.20. The van der Waals surface area contributed by atoms with Gasteiger partial charge in [0, 0.05) is 12.2 Å². The van der Waals surface area contributed by atoms with Gasteiger partial charge in [0.05, 0.1) is 17.0 Å². The van der Waals surface area contributed by atoms with E-state index in [2.05, 4.69) is 5.32 Å². The topological polar surface area (TPSA) is 66.5 Å². The summed E-state index contributed by atoms with van der Waals surface area (Å²) < 4.78 is 28.0. The average Bonchev–Trinajstić information content (AvgIpc) is 2.84. The van der Waals surface area contributed by atoms with E-state index in [1.54, 1.807) is 36.4 Å². The van der Waals surface area contributed by atoms with Gasteiger partial charge >= 0.3 is 0 Å². The van der Waals surface area contributed by atoms with E-state index >= 15 is 0 Å². The maximum Gasteiger partial charge on any atom is 0.264 e. The van der Waals surface area contributed by atoms with Crippen LogP contribution in [0, 0.1) is 0 Å². The summed E-state index contributed by atoms with van der Waals surface area (Å²) in [6.45, 7) is 0.414. The normalized spacial score (nSPS) is 13.5. The molecular formula is C27H24N2O3S. The fourth-order valence-electron chi connectivity index (χ4n) is 4.41. The Morgan fingerprint density at radius 3 is 2.48 bits per heavy atom. The van der Waals surface area contributed by atoms with Crippen molar-refractivity contribution in [2.24, 2.45) is 0 Å². The van der Waals surface area contributed by atoms with Crippen LogP contribution in [0.15, 0.2) is 95.9 Å². The third-order valence-corrected chi connectivity index (χ3v) is 7.83. The van der Waals surface area contributed by atoms with Crippen LogP contribution in [-0.4, -0.2) is 20.9 Å². The molecule has 0 aromatic heterocycles. The summed E-state index contributed by atoms with van der Waals surface area (Å²) in [7, 11) is -3.67. The van der Waals surface area contributed by atoms with Crippen LogP contribution in [0.25, 0.3) is 10.8 Å². The highest BCUT2D eigenvalue weighted by molar-refractivity contribution is 7.92. The van der Waals surface area contributed by atoms with Gasteiger partial charge in [-0.1, -0.05) is 66.7 Å². The van der Waals surface area contributed by atoms with E-state index in [9.17, 15) is 13.2 Å². The number of hydrogen-bond acceptors (Lipinski definition) is 3. The Hall–Kier alpha value is -3.64. The highest BCUT2D eigenvalue weighted by Gasteiger charge is 2.29. The first-order valence-corrected chi connectivity index (χ1v) is 12.4. The van der Waals surface area contributed by atoms with E-state index in [1.165, 1.54) is 4.31 Å². The molecule has 1 aliphatic rings. The molecule has 0 unspecified atom stereocenters. The Kier molecular flexibility index (Phi) is 5.60. The molecule has 0 fully saturated rings. The summed E-state index contributed by atoms with van der Waals surface area (Å²) in [5.41, 5.74) is 3.15. The molecule has 4 aromatic carbocycles. The predicted molar refractivity (Wildman–Crippen MR) is 132 cm³/mol. The standard InChI is InChI=1S/C27H24N2O3S/c30-27(18-22-10-6-9-20-8-4-5-14-25(20)22)28-23-16-15-21-11-7-17-29(26(21)19-23)33(31,32)24-12-2-1-3-13-24/h1-6,8-10,12-16,19H,7,11,17-18H2,(H,28,30). The highest BCUT2D eigenvalue weighted by atomic mass is 32.2. The number of benzene rings is 4.